The van der Waals surface area contributed by atoms with Gasteiger partial charge in [0.05, 0.1) is 23.7 Å². The molecule has 3 unspecified atom stereocenters. The van der Waals surface area contributed by atoms with Gasteiger partial charge in [0.1, 0.15) is 5.56 Å². The fourth-order valence-electron chi connectivity index (χ4n) is 5.90. The Hall–Kier alpha value is -3.36. The maximum absolute atomic E-state index is 12.1. The first-order valence-electron chi connectivity index (χ1n) is 13.5. The van der Waals surface area contributed by atoms with Gasteiger partial charge in [-0.1, -0.05) is 44.1 Å². The fourth-order valence-corrected chi connectivity index (χ4v) is 5.90. The third-order valence-electron chi connectivity index (χ3n) is 7.89. The molecular formula is C30H41N5O3. The number of hydrogen-bond donors (Lipinski definition) is 3. The normalized spacial score (nSPS) is 21.6. The predicted octanol–water partition coefficient (Wildman–Crippen LogP) is 5.22. The highest BCUT2D eigenvalue weighted by Crippen LogP contribution is 2.51. The van der Waals surface area contributed by atoms with Crippen LogP contribution in [0.15, 0.2) is 60.1 Å². The second-order valence-electron chi connectivity index (χ2n) is 10.5. The van der Waals surface area contributed by atoms with E-state index in [1.54, 1.807) is 17.9 Å². The van der Waals surface area contributed by atoms with Crippen LogP contribution in [0.25, 0.3) is 11.3 Å². The third kappa shape index (κ3) is 5.87. The topological polar surface area (TPSA) is 120 Å². The molecular weight excluding hydrogens is 478 g/mol. The third-order valence-corrected chi connectivity index (χ3v) is 7.89. The maximum atomic E-state index is 12.1. The second kappa shape index (κ2) is 12.0. The van der Waals surface area contributed by atoms with E-state index in [2.05, 4.69) is 43.2 Å². The van der Waals surface area contributed by atoms with E-state index in [0.29, 0.717) is 17.3 Å². The number of hydrazine groups is 1. The van der Waals surface area contributed by atoms with Gasteiger partial charge in [0.2, 0.25) is 0 Å². The number of nitrogens with zero attached hydrogens (tertiary/aromatic N) is 3. The predicted molar refractivity (Wildman–Crippen MR) is 150 cm³/mol. The average Bonchev–Trinajstić information content (AvgIpc) is 3.28. The summed E-state index contributed by atoms with van der Waals surface area (Å²) in [5, 5.41) is 15.8. The molecule has 2 aliphatic carbocycles. The van der Waals surface area contributed by atoms with Gasteiger partial charge in [-0.15, -0.1) is 0 Å². The van der Waals surface area contributed by atoms with E-state index in [0.717, 1.165) is 24.1 Å². The number of aromatic carboxylic acids is 1. The summed E-state index contributed by atoms with van der Waals surface area (Å²) in [5.41, 5.74) is 12.1. The zero-order chi connectivity index (χ0) is 27.4. The van der Waals surface area contributed by atoms with Gasteiger partial charge in [-0.2, -0.15) is 5.10 Å². The van der Waals surface area contributed by atoms with Crippen molar-refractivity contribution in [2.75, 3.05) is 14.2 Å². The lowest BCUT2D eigenvalue weighted by atomic mass is 9.90. The lowest BCUT2D eigenvalue weighted by molar-refractivity contribution is 0.0695. The Morgan fingerprint density at radius 2 is 2.08 bits per heavy atom. The first kappa shape index (κ1) is 27.7. The number of allylic oxidation sites excluding steroid dienone is 3. The number of carboxylic acid groups (broad SMARTS) is 1. The molecule has 0 spiro atoms. The van der Waals surface area contributed by atoms with E-state index in [1.807, 2.05) is 19.2 Å². The van der Waals surface area contributed by atoms with Crippen molar-refractivity contribution in [2.45, 2.75) is 64.4 Å². The quantitative estimate of drug-likeness (QED) is 0.211. The molecule has 2 aliphatic rings. The number of hydrogen-bond acceptors (Lipinski definition) is 6. The summed E-state index contributed by atoms with van der Waals surface area (Å²) in [6.45, 7) is 4.23. The molecule has 0 saturated heterocycles. The van der Waals surface area contributed by atoms with Crippen LogP contribution < -0.4 is 11.6 Å². The first-order valence-corrected chi connectivity index (χ1v) is 13.5. The number of ether oxygens (including phenoxy) is 1. The van der Waals surface area contributed by atoms with Crippen LogP contribution in [0.1, 0.15) is 79.9 Å². The number of benzene rings is 1. The van der Waals surface area contributed by atoms with Gasteiger partial charge in [-0.25, -0.2) is 15.3 Å². The minimum atomic E-state index is -0.990. The Labute approximate surface area is 225 Å². The van der Waals surface area contributed by atoms with Crippen molar-refractivity contribution in [3.05, 3.63) is 76.9 Å². The molecule has 0 aliphatic heterocycles. The van der Waals surface area contributed by atoms with Crippen LogP contribution >= 0.6 is 0 Å². The maximum Gasteiger partial charge on any atom is 0.339 e. The minimum absolute atomic E-state index is 0.0302. The molecule has 2 saturated carbocycles. The van der Waals surface area contributed by atoms with Crippen LogP contribution in [0.2, 0.25) is 0 Å². The standard InChI is InChI=1S/C30H41N5O3/c1-5-19(14-20(6-2)29(38-4)21-10-7-8-11-21)22-12-9-13-23(15-22)35-28(26(17-33-35)30(36)37)25-16-24(25)27(31)18-34(3)32/h6,9,12-15,17-18,21,24-25,29H,5,7-8,10-11,16,31-32H2,1-4H3,(H,36,37)/b19-14+,20-6+,27-18-. The molecule has 5 N–H and O–H groups in total. The smallest absolute Gasteiger partial charge is 0.339 e. The molecule has 0 radical (unpaired) electrons. The van der Waals surface area contributed by atoms with E-state index in [-0.39, 0.29) is 23.5 Å². The lowest BCUT2D eigenvalue weighted by Gasteiger charge is -2.24. The molecule has 8 heteroatoms. The highest BCUT2D eigenvalue weighted by Gasteiger charge is 2.45. The number of carboxylic acids is 1. The van der Waals surface area contributed by atoms with Gasteiger partial charge in [0, 0.05) is 37.9 Å². The Kier molecular flexibility index (Phi) is 8.74. The number of carbonyl (C=O) groups is 1. The molecule has 4 rings (SSSR count). The summed E-state index contributed by atoms with van der Waals surface area (Å²) in [4.78, 5) is 12.1. The van der Waals surface area contributed by atoms with E-state index in [1.165, 1.54) is 48.0 Å². The molecule has 0 amide bonds. The molecule has 0 bridgehead atoms. The summed E-state index contributed by atoms with van der Waals surface area (Å²) >= 11 is 0. The van der Waals surface area contributed by atoms with Gasteiger partial charge < -0.3 is 20.6 Å². The van der Waals surface area contributed by atoms with Crippen molar-refractivity contribution in [3.63, 3.8) is 0 Å². The minimum Gasteiger partial charge on any atom is -0.478 e. The molecule has 8 nitrogen and oxygen atoms in total. The molecule has 1 aromatic heterocycles. The Bertz CT molecular complexity index is 1240. The molecule has 1 heterocycles. The van der Waals surface area contributed by atoms with Crippen molar-refractivity contribution >= 4 is 11.5 Å². The summed E-state index contributed by atoms with van der Waals surface area (Å²) in [5.74, 6) is 5.30. The highest BCUT2D eigenvalue weighted by molar-refractivity contribution is 5.89. The second-order valence-corrected chi connectivity index (χ2v) is 10.5. The van der Waals surface area contributed by atoms with Gasteiger partial charge in [-0.05, 0) is 67.4 Å². The molecule has 3 atom stereocenters. The zero-order valence-electron chi connectivity index (χ0n) is 22.9. The SMILES string of the molecule is C/C=C(\C=C(/CC)c1cccc(-n2ncc(C(=O)O)c2C2CC2/C(N)=C/N(C)N)c1)C(OC)C1CCCC1. The van der Waals surface area contributed by atoms with Gasteiger partial charge in [0.15, 0.2) is 0 Å². The Balaban J connectivity index is 1.68. The molecule has 2 fully saturated rings. The zero-order valence-corrected chi connectivity index (χ0v) is 22.9. The summed E-state index contributed by atoms with van der Waals surface area (Å²) in [6.07, 6.45) is 14.2. The van der Waals surface area contributed by atoms with Crippen LogP contribution in [0.5, 0.6) is 0 Å². The monoisotopic (exact) mass is 519 g/mol. The summed E-state index contributed by atoms with van der Waals surface area (Å²) < 4.78 is 7.74. The van der Waals surface area contributed by atoms with Gasteiger partial charge in [0.25, 0.3) is 0 Å². The largest absolute Gasteiger partial charge is 0.478 e. The van der Waals surface area contributed by atoms with Gasteiger partial charge >= 0.3 is 5.97 Å². The van der Waals surface area contributed by atoms with Crippen molar-refractivity contribution in [1.29, 1.82) is 0 Å². The summed E-state index contributed by atoms with van der Waals surface area (Å²) in [7, 11) is 3.52. The van der Waals surface area contributed by atoms with Crippen LogP contribution in [0.4, 0.5) is 0 Å². The number of nitrogens with two attached hydrogens (primary N) is 2. The van der Waals surface area contributed by atoms with Crippen molar-refractivity contribution in [2.24, 2.45) is 23.4 Å². The molecule has 204 valence electrons. The van der Waals surface area contributed by atoms with Crippen molar-refractivity contribution in [3.8, 4) is 5.69 Å². The molecule has 1 aromatic carbocycles. The average molecular weight is 520 g/mol. The van der Waals surface area contributed by atoms with Gasteiger partial charge in [-0.3, -0.25) is 0 Å². The summed E-state index contributed by atoms with van der Waals surface area (Å²) in [6, 6.07) is 8.16. The Morgan fingerprint density at radius 1 is 1.34 bits per heavy atom. The lowest BCUT2D eigenvalue weighted by Crippen LogP contribution is -2.22. The van der Waals surface area contributed by atoms with E-state index in [9.17, 15) is 9.90 Å². The van der Waals surface area contributed by atoms with Crippen molar-refractivity contribution < 1.29 is 14.6 Å². The highest BCUT2D eigenvalue weighted by atomic mass is 16.5. The Morgan fingerprint density at radius 3 is 2.68 bits per heavy atom. The molecule has 2 aromatic rings. The fraction of sp³-hybridized carbons (Fsp3) is 0.467. The van der Waals surface area contributed by atoms with Crippen LogP contribution in [-0.2, 0) is 4.74 Å². The van der Waals surface area contributed by atoms with Crippen LogP contribution in [-0.4, -0.2) is 46.1 Å². The van der Waals surface area contributed by atoms with E-state index < -0.39 is 5.97 Å². The number of rotatable bonds is 11. The van der Waals surface area contributed by atoms with Crippen LogP contribution in [0, 0.1) is 11.8 Å². The number of methoxy groups -OCH3 is 1. The number of aromatic nitrogens is 2. The van der Waals surface area contributed by atoms with Crippen LogP contribution in [0.3, 0.4) is 0 Å². The van der Waals surface area contributed by atoms with Crippen molar-refractivity contribution in [1.82, 2.24) is 14.8 Å². The van der Waals surface area contributed by atoms with E-state index >= 15 is 0 Å². The van der Waals surface area contributed by atoms with E-state index in [4.69, 9.17) is 16.3 Å². The molecule has 38 heavy (non-hydrogen) atoms. The first-order chi connectivity index (χ1) is 18.3.